The lowest BCUT2D eigenvalue weighted by Crippen LogP contribution is -2.43. The van der Waals surface area contributed by atoms with Crippen LogP contribution in [0, 0.1) is 5.92 Å². The highest BCUT2D eigenvalue weighted by Gasteiger charge is 2.34. The van der Waals surface area contributed by atoms with Crippen molar-refractivity contribution >= 4 is 33.0 Å². The molecule has 5 rings (SSSR count). The van der Waals surface area contributed by atoms with Crippen molar-refractivity contribution in [2.24, 2.45) is 5.92 Å². The van der Waals surface area contributed by atoms with Crippen LogP contribution in [-0.4, -0.2) is 41.9 Å². The molecule has 2 aromatic heterocycles. The van der Waals surface area contributed by atoms with Gasteiger partial charge in [-0.05, 0) is 43.9 Å². The fourth-order valence-corrected chi connectivity index (χ4v) is 6.84. The minimum absolute atomic E-state index is 0.154. The molecule has 3 heterocycles. The van der Waals surface area contributed by atoms with Crippen LogP contribution in [0.15, 0.2) is 50.5 Å². The summed E-state index contributed by atoms with van der Waals surface area (Å²) in [6, 6.07) is 10.8. The number of amides is 1. The molecule has 1 aliphatic carbocycles. The number of nitrogens with one attached hydrogen (secondary N) is 1. The van der Waals surface area contributed by atoms with Gasteiger partial charge in [-0.3, -0.25) is 4.79 Å². The van der Waals surface area contributed by atoms with Gasteiger partial charge in [0.1, 0.15) is 4.21 Å². The third-order valence-electron chi connectivity index (χ3n) is 6.12. The van der Waals surface area contributed by atoms with Gasteiger partial charge in [0, 0.05) is 35.6 Å². The number of nitrogens with zero attached hydrogens (tertiary/aromatic N) is 3. The molecule has 0 radical (unpaired) electrons. The third kappa shape index (κ3) is 4.22. The predicted molar refractivity (Wildman–Crippen MR) is 121 cm³/mol. The Labute approximate surface area is 190 Å². The average Bonchev–Trinajstić information content (AvgIpc) is 3.44. The lowest BCUT2D eigenvalue weighted by Gasteiger charge is -2.30. The highest BCUT2D eigenvalue weighted by molar-refractivity contribution is 7.91. The van der Waals surface area contributed by atoms with E-state index in [-0.39, 0.29) is 22.6 Å². The first-order valence-electron chi connectivity index (χ1n) is 10.8. The largest absolute Gasteiger partial charge is 0.339 e. The quantitative estimate of drug-likeness (QED) is 0.579. The van der Waals surface area contributed by atoms with E-state index < -0.39 is 10.0 Å². The van der Waals surface area contributed by atoms with E-state index in [4.69, 9.17) is 4.52 Å². The summed E-state index contributed by atoms with van der Waals surface area (Å²) >= 11 is 1.14. The van der Waals surface area contributed by atoms with Gasteiger partial charge in [-0.2, -0.15) is 9.29 Å². The van der Waals surface area contributed by atoms with Crippen molar-refractivity contribution in [2.75, 3.05) is 18.4 Å². The van der Waals surface area contributed by atoms with Gasteiger partial charge in [0.05, 0.1) is 5.92 Å². The van der Waals surface area contributed by atoms with Crippen LogP contribution in [0.4, 0.5) is 5.69 Å². The molecule has 1 amide bonds. The molecule has 1 aliphatic heterocycles. The van der Waals surface area contributed by atoms with Crippen LogP contribution in [-0.2, 0) is 14.8 Å². The van der Waals surface area contributed by atoms with Gasteiger partial charge in [-0.25, -0.2) is 8.42 Å². The normalized spacial score (nSPS) is 20.1. The zero-order valence-electron chi connectivity index (χ0n) is 17.4. The van der Waals surface area contributed by atoms with Gasteiger partial charge < -0.3 is 9.84 Å². The van der Waals surface area contributed by atoms with Crippen LogP contribution < -0.4 is 5.32 Å². The molecule has 3 aromatic rings. The maximum Gasteiger partial charge on any atom is 0.252 e. The van der Waals surface area contributed by atoms with Crippen molar-refractivity contribution in [1.29, 1.82) is 0 Å². The zero-order valence-corrected chi connectivity index (χ0v) is 19.1. The molecule has 0 bridgehead atoms. The lowest BCUT2D eigenvalue weighted by molar-refractivity contribution is -0.120. The Hall–Kier alpha value is -2.56. The number of piperidine rings is 1. The van der Waals surface area contributed by atoms with Crippen LogP contribution in [0.5, 0.6) is 0 Å². The molecule has 2 fully saturated rings. The molecular weight excluding hydrogens is 448 g/mol. The van der Waals surface area contributed by atoms with E-state index in [1.807, 2.05) is 30.3 Å². The Morgan fingerprint density at radius 1 is 1.16 bits per heavy atom. The van der Waals surface area contributed by atoms with Crippen LogP contribution in [0.2, 0.25) is 0 Å². The number of rotatable bonds is 6. The summed E-state index contributed by atoms with van der Waals surface area (Å²) in [5.41, 5.74) is 1.35. The minimum Gasteiger partial charge on any atom is -0.339 e. The maximum absolute atomic E-state index is 13.3. The number of thiophene rings is 1. The second-order valence-corrected chi connectivity index (χ2v) is 11.4. The SMILES string of the molecule is O=C(Nc1ccccc1)[C@H]1CCCN(S(=O)(=O)c2cc(-c3noc(C4CCC4)n3)cs2)C1. The van der Waals surface area contributed by atoms with Crippen LogP contribution in [0.25, 0.3) is 11.4 Å². The lowest BCUT2D eigenvalue weighted by atomic mass is 9.85. The number of sulfonamides is 1. The van der Waals surface area contributed by atoms with E-state index in [2.05, 4.69) is 15.5 Å². The standard InChI is InChI=1S/C22H24N4O4S2/c27-21(23-18-9-2-1-3-10-18)16-8-5-11-26(13-16)32(28,29)19-12-17(14-31-19)20-24-22(30-25-20)15-6-4-7-15/h1-3,9-10,12,14-16H,4-8,11,13H2,(H,23,27)/t16-/m0/s1. The first-order chi connectivity index (χ1) is 15.5. The number of carbonyl (C=O) groups excluding carboxylic acids is 1. The summed E-state index contributed by atoms with van der Waals surface area (Å²) < 4.78 is 33.5. The molecule has 0 spiro atoms. The number of carbonyl (C=O) groups is 1. The Morgan fingerprint density at radius 2 is 1.97 bits per heavy atom. The molecule has 1 atom stereocenters. The van der Waals surface area contributed by atoms with Crippen molar-refractivity contribution in [3.63, 3.8) is 0 Å². The molecule has 1 aromatic carbocycles. The van der Waals surface area contributed by atoms with Gasteiger partial charge in [0.2, 0.25) is 17.6 Å². The fourth-order valence-electron chi connectivity index (χ4n) is 4.01. The van der Waals surface area contributed by atoms with Crippen LogP contribution in [0.1, 0.15) is 43.9 Å². The Balaban J connectivity index is 1.28. The van der Waals surface area contributed by atoms with E-state index in [9.17, 15) is 13.2 Å². The number of hydrogen-bond donors (Lipinski definition) is 1. The van der Waals surface area contributed by atoms with Gasteiger partial charge in [0.15, 0.2) is 0 Å². The van der Waals surface area contributed by atoms with Gasteiger partial charge in [-0.15, -0.1) is 11.3 Å². The molecule has 168 valence electrons. The summed E-state index contributed by atoms with van der Waals surface area (Å²) in [6.07, 6.45) is 4.58. The molecule has 8 nitrogen and oxygen atoms in total. The summed E-state index contributed by atoms with van der Waals surface area (Å²) in [6.45, 7) is 0.570. The highest BCUT2D eigenvalue weighted by Crippen LogP contribution is 2.37. The Morgan fingerprint density at radius 3 is 2.72 bits per heavy atom. The van der Waals surface area contributed by atoms with E-state index in [1.165, 1.54) is 10.7 Å². The van der Waals surface area contributed by atoms with Crippen molar-refractivity contribution < 1.29 is 17.7 Å². The molecule has 1 N–H and O–H groups in total. The molecular formula is C22H24N4O4S2. The van der Waals surface area contributed by atoms with Gasteiger partial charge in [-0.1, -0.05) is 29.8 Å². The average molecular weight is 473 g/mol. The molecule has 32 heavy (non-hydrogen) atoms. The predicted octanol–water partition coefficient (Wildman–Crippen LogP) is 4.11. The number of aromatic nitrogens is 2. The summed E-state index contributed by atoms with van der Waals surface area (Å²) in [7, 11) is -3.71. The number of para-hydroxylation sites is 1. The van der Waals surface area contributed by atoms with Crippen LogP contribution in [0.3, 0.4) is 0 Å². The van der Waals surface area contributed by atoms with Crippen molar-refractivity contribution in [1.82, 2.24) is 14.4 Å². The Kier molecular flexibility index (Phi) is 5.83. The molecule has 1 saturated carbocycles. The van der Waals surface area contributed by atoms with Crippen molar-refractivity contribution in [2.45, 2.75) is 42.2 Å². The smallest absolute Gasteiger partial charge is 0.252 e. The second kappa shape index (κ2) is 8.76. The van der Waals surface area contributed by atoms with Crippen LogP contribution >= 0.6 is 11.3 Å². The number of anilines is 1. The monoisotopic (exact) mass is 472 g/mol. The van der Waals surface area contributed by atoms with E-state index >= 15 is 0 Å². The third-order valence-corrected chi connectivity index (χ3v) is 9.40. The molecule has 0 unspecified atom stereocenters. The van der Waals surface area contributed by atoms with E-state index in [1.54, 1.807) is 11.4 Å². The fraction of sp³-hybridized carbons (Fsp3) is 0.409. The minimum atomic E-state index is -3.71. The zero-order chi connectivity index (χ0) is 22.1. The van der Waals surface area contributed by atoms with Gasteiger partial charge in [0.25, 0.3) is 10.0 Å². The molecule has 2 aliphatic rings. The van der Waals surface area contributed by atoms with Crippen molar-refractivity contribution in [3.05, 3.63) is 47.7 Å². The first kappa shape index (κ1) is 21.3. The second-order valence-electron chi connectivity index (χ2n) is 8.30. The molecule has 1 saturated heterocycles. The van der Waals surface area contributed by atoms with E-state index in [0.717, 1.165) is 24.2 Å². The van der Waals surface area contributed by atoms with Crippen molar-refractivity contribution in [3.8, 4) is 11.4 Å². The Bertz CT molecular complexity index is 1200. The number of hydrogen-bond acceptors (Lipinski definition) is 7. The topological polar surface area (TPSA) is 105 Å². The summed E-state index contributed by atoms with van der Waals surface area (Å²) in [4.78, 5) is 17.1. The van der Waals surface area contributed by atoms with E-state index in [0.29, 0.717) is 48.3 Å². The summed E-state index contributed by atoms with van der Waals surface area (Å²) in [5, 5.41) is 8.66. The molecule has 10 heteroatoms. The maximum atomic E-state index is 13.3. The first-order valence-corrected chi connectivity index (χ1v) is 13.1. The summed E-state index contributed by atoms with van der Waals surface area (Å²) in [5.74, 6) is 0.831. The van der Waals surface area contributed by atoms with Gasteiger partial charge >= 0.3 is 0 Å². The highest BCUT2D eigenvalue weighted by atomic mass is 32.2. The number of benzene rings is 1.